The summed E-state index contributed by atoms with van der Waals surface area (Å²) in [4.78, 5) is 12.0. The van der Waals surface area contributed by atoms with Crippen molar-refractivity contribution < 1.29 is 9.18 Å². The zero-order valence-electron chi connectivity index (χ0n) is 10.8. The van der Waals surface area contributed by atoms with E-state index in [1.165, 1.54) is 12.1 Å². The number of halogens is 1. The molecule has 1 fully saturated rings. The van der Waals surface area contributed by atoms with Gasteiger partial charge < -0.3 is 10.6 Å². The lowest BCUT2D eigenvalue weighted by Crippen LogP contribution is -2.48. The number of aryl methyl sites for hydroxylation is 1. The molecule has 98 valence electrons. The van der Waals surface area contributed by atoms with Gasteiger partial charge in [-0.3, -0.25) is 4.79 Å². The van der Waals surface area contributed by atoms with E-state index in [2.05, 4.69) is 17.6 Å². The number of nitrogens with one attached hydrogen (secondary N) is 2. The molecule has 3 nitrogen and oxygen atoms in total. The summed E-state index contributed by atoms with van der Waals surface area (Å²) in [5.74, 6) is -0.404. The molecule has 0 aromatic heterocycles. The number of carbonyl (C=O) groups excluding carboxylic acids is 1. The van der Waals surface area contributed by atoms with E-state index in [0.29, 0.717) is 17.2 Å². The number of piperidine rings is 1. The lowest BCUT2D eigenvalue weighted by atomic mass is 10.0. The van der Waals surface area contributed by atoms with Crippen molar-refractivity contribution in [1.82, 2.24) is 10.6 Å². The first-order valence-corrected chi connectivity index (χ1v) is 6.36. The predicted molar refractivity (Wildman–Crippen MR) is 69.1 cm³/mol. The van der Waals surface area contributed by atoms with E-state index in [4.69, 9.17) is 0 Å². The second-order valence-electron chi connectivity index (χ2n) is 5.02. The molecule has 1 aliphatic rings. The largest absolute Gasteiger partial charge is 0.348 e. The maximum atomic E-state index is 13.1. The zero-order chi connectivity index (χ0) is 13.1. The van der Waals surface area contributed by atoms with Crippen LogP contribution < -0.4 is 10.6 Å². The van der Waals surface area contributed by atoms with Gasteiger partial charge in [-0.2, -0.15) is 0 Å². The highest BCUT2D eigenvalue weighted by Gasteiger charge is 2.19. The van der Waals surface area contributed by atoms with Gasteiger partial charge in [0.15, 0.2) is 0 Å². The van der Waals surface area contributed by atoms with E-state index < -0.39 is 0 Å². The molecule has 0 saturated carbocycles. The SMILES string of the molecule is Cc1cc(C(=O)NC2CCC(C)NC2)ccc1F. The minimum Gasteiger partial charge on any atom is -0.348 e. The van der Waals surface area contributed by atoms with E-state index in [9.17, 15) is 9.18 Å². The van der Waals surface area contributed by atoms with Crippen LogP contribution in [0.4, 0.5) is 4.39 Å². The molecule has 1 aromatic rings. The molecule has 1 amide bonds. The van der Waals surface area contributed by atoms with Crippen molar-refractivity contribution in [2.45, 2.75) is 38.8 Å². The van der Waals surface area contributed by atoms with Crippen molar-refractivity contribution in [3.05, 3.63) is 35.1 Å². The van der Waals surface area contributed by atoms with Crippen LogP contribution in [0.2, 0.25) is 0 Å². The van der Waals surface area contributed by atoms with Gasteiger partial charge in [0.2, 0.25) is 0 Å². The summed E-state index contributed by atoms with van der Waals surface area (Å²) in [6, 6.07) is 5.14. The molecule has 0 bridgehead atoms. The number of amides is 1. The minimum absolute atomic E-state index is 0.126. The Balaban J connectivity index is 1.97. The number of hydrogen-bond donors (Lipinski definition) is 2. The third-order valence-electron chi connectivity index (χ3n) is 3.42. The third-order valence-corrected chi connectivity index (χ3v) is 3.42. The topological polar surface area (TPSA) is 41.1 Å². The molecule has 2 N–H and O–H groups in total. The van der Waals surface area contributed by atoms with Crippen molar-refractivity contribution in [3.63, 3.8) is 0 Å². The van der Waals surface area contributed by atoms with Crippen LogP contribution in [0.15, 0.2) is 18.2 Å². The average molecular weight is 250 g/mol. The quantitative estimate of drug-likeness (QED) is 0.843. The van der Waals surface area contributed by atoms with Gasteiger partial charge >= 0.3 is 0 Å². The van der Waals surface area contributed by atoms with Crippen molar-refractivity contribution in [3.8, 4) is 0 Å². The molecule has 1 aromatic carbocycles. The van der Waals surface area contributed by atoms with Crippen LogP contribution in [0.5, 0.6) is 0 Å². The molecule has 0 aliphatic carbocycles. The van der Waals surface area contributed by atoms with E-state index in [-0.39, 0.29) is 17.8 Å². The molecule has 0 spiro atoms. The minimum atomic E-state index is -0.278. The second-order valence-corrected chi connectivity index (χ2v) is 5.02. The van der Waals surface area contributed by atoms with Gasteiger partial charge in [-0.1, -0.05) is 0 Å². The summed E-state index contributed by atoms with van der Waals surface area (Å²) < 4.78 is 13.1. The highest BCUT2D eigenvalue weighted by atomic mass is 19.1. The molecule has 0 radical (unpaired) electrons. The fraction of sp³-hybridized carbons (Fsp3) is 0.500. The highest BCUT2D eigenvalue weighted by molar-refractivity contribution is 5.94. The summed E-state index contributed by atoms with van der Waals surface area (Å²) in [6.45, 7) is 4.60. The number of carbonyl (C=O) groups is 1. The Kier molecular flexibility index (Phi) is 3.97. The van der Waals surface area contributed by atoms with Gasteiger partial charge in [0.1, 0.15) is 5.82 Å². The van der Waals surface area contributed by atoms with Gasteiger partial charge in [0.25, 0.3) is 5.91 Å². The van der Waals surface area contributed by atoms with Crippen LogP contribution in [-0.2, 0) is 0 Å². The molecule has 2 unspecified atom stereocenters. The lowest BCUT2D eigenvalue weighted by molar-refractivity contribution is 0.0927. The van der Waals surface area contributed by atoms with Gasteiger partial charge in [-0.15, -0.1) is 0 Å². The molecule has 2 rings (SSSR count). The number of benzene rings is 1. The van der Waals surface area contributed by atoms with Crippen LogP contribution >= 0.6 is 0 Å². The molecule has 4 heteroatoms. The standard InChI is InChI=1S/C14H19FN2O/c1-9-7-11(4-6-13(9)15)14(18)17-12-5-3-10(2)16-8-12/h4,6-7,10,12,16H,3,5,8H2,1-2H3,(H,17,18). The van der Waals surface area contributed by atoms with Gasteiger partial charge in [-0.05, 0) is 50.5 Å². The summed E-state index contributed by atoms with van der Waals surface area (Å²) >= 11 is 0. The molecule has 1 heterocycles. The Morgan fingerprint density at radius 1 is 1.44 bits per heavy atom. The van der Waals surface area contributed by atoms with E-state index in [0.717, 1.165) is 19.4 Å². The maximum Gasteiger partial charge on any atom is 0.251 e. The molecule has 18 heavy (non-hydrogen) atoms. The molecule has 1 saturated heterocycles. The monoisotopic (exact) mass is 250 g/mol. The van der Waals surface area contributed by atoms with Crippen LogP contribution in [0.3, 0.4) is 0 Å². The van der Waals surface area contributed by atoms with Crippen LogP contribution in [0, 0.1) is 12.7 Å². The Morgan fingerprint density at radius 2 is 2.22 bits per heavy atom. The first-order valence-electron chi connectivity index (χ1n) is 6.36. The Bertz CT molecular complexity index is 439. The highest BCUT2D eigenvalue weighted by Crippen LogP contribution is 2.11. The van der Waals surface area contributed by atoms with Crippen LogP contribution in [0.1, 0.15) is 35.7 Å². The summed E-state index contributed by atoms with van der Waals surface area (Å²) in [5.41, 5.74) is 1.02. The smallest absolute Gasteiger partial charge is 0.251 e. The number of hydrogen-bond acceptors (Lipinski definition) is 2. The van der Waals surface area contributed by atoms with Crippen molar-refractivity contribution in [1.29, 1.82) is 0 Å². The summed E-state index contributed by atoms with van der Waals surface area (Å²) in [6.07, 6.45) is 2.05. The Labute approximate surface area is 107 Å². The molecular formula is C14H19FN2O. The first-order chi connectivity index (χ1) is 8.56. The fourth-order valence-corrected chi connectivity index (χ4v) is 2.18. The van der Waals surface area contributed by atoms with E-state index in [1.54, 1.807) is 13.0 Å². The fourth-order valence-electron chi connectivity index (χ4n) is 2.18. The predicted octanol–water partition coefficient (Wildman–Crippen LogP) is 2.00. The van der Waals surface area contributed by atoms with Crippen molar-refractivity contribution in [2.24, 2.45) is 0 Å². The summed E-state index contributed by atoms with van der Waals surface area (Å²) in [7, 11) is 0. The molecular weight excluding hydrogens is 231 g/mol. The van der Waals surface area contributed by atoms with Gasteiger partial charge in [0, 0.05) is 24.2 Å². The maximum absolute atomic E-state index is 13.1. The number of rotatable bonds is 2. The molecule has 2 atom stereocenters. The summed E-state index contributed by atoms with van der Waals surface area (Å²) in [5, 5.41) is 6.31. The molecule has 1 aliphatic heterocycles. The van der Waals surface area contributed by atoms with Gasteiger partial charge in [-0.25, -0.2) is 4.39 Å². The lowest BCUT2D eigenvalue weighted by Gasteiger charge is -2.28. The van der Waals surface area contributed by atoms with Crippen LogP contribution in [-0.4, -0.2) is 24.5 Å². The van der Waals surface area contributed by atoms with Crippen LogP contribution in [0.25, 0.3) is 0 Å². The van der Waals surface area contributed by atoms with Gasteiger partial charge in [0.05, 0.1) is 0 Å². The third kappa shape index (κ3) is 3.07. The normalized spacial score (nSPS) is 23.7. The second kappa shape index (κ2) is 5.48. The van der Waals surface area contributed by atoms with Crippen molar-refractivity contribution in [2.75, 3.05) is 6.54 Å². The average Bonchev–Trinajstić information content (AvgIpc) is 2.35. The van der Waals surface area contributed by atoms with E-state index in [1.807, 2.05) is 0 Å². The Hall–Kier alpha value is -1.42. The first kappa shape index (κ1) is 13.0. The zero-order valence-corrected chi connectivity index (χ0v) is 10.8. The Morgan fingerprint density at radius 3 is 2.83 bits per heavy atom. The van der Waals surface area contributed by atoms with Crippen molar-refractivity contribution >= 4 is 5.91 Å². The van der Waals surface area contributed by atoms with E-state index >= 15 is 0 Å².